The SMILES string of the molecule is CC(Nc1cnn(CCOCCO)c1)C1CCC1. The summed E-state index contributed by atoms with van der Waals surface area (Å²) in [6, 6.07) is 0.530. The first kappa shape index (κ1) is 13.4. The number of rotatable bonds is 8. The van der Waals surface area contributed by atoms with Gasteiger partial charge in [-0.25, -0.2) is 0 Å². The third-order valence-corrected chi connectivity index (χ3v) is 3.58. The predicted molar refractivity (Wildman–Crippen MR) is 70.6 cm³/mol. The minimum absolute atomic E-state index is 0.0742. The van der Waals surface area contributed by atoms with E-state index in [1.54, 1.807) is 0 Å². The molecule has 2 N–H and O–H groups in total. The lowest BCUT2D eigenvalue weighted by molar-refractivity contribution is 0.0854. The van der Waals surface area contributed by atoms with E-state index >= 15 is 0 Å². The summed E-state index contributed by atoms with van der Waals surface area (Å²) in [4.78, 5) is 0. The van der Waals surface area contributed by atoms with E-state index in [9.17, 15) is 0 Å². The fourth-order valence-electron chi connectivity index (χ4n) is 2.21. The molecule has 1 atom stereocenters. The molecule has 0 bridgehead atoms. The van der Waals surface area contributed by atoms with E-state index in [4.69, 9.17) is 9.84 Å². The molecule has 1 heterocycles. The zero-order chi connectivity index (χ0) is 12.8. The maximum absolute atomic E-state index is 8.59. The van der Waals surface area contributed by atoms with Crippen molar-refractivity contribution < 1.29 is 9.84 Å². The normalized spacial score (nSPS) is 17.4. The van der Waals surface area contributed by atoms with Crippen LogP contribution >= 0.6 is 0 Å². The molecule has 1 saturated carbocycles. The first-order valence-electron chi connectivity index (χ1n) is 6.77. The van der Waals surface area contributed by atoms with Crippen molar-refractivity contribution in [3.8, 4) is 0 Å². The third kappa shape index (κ3) is 3.71. The molecule has 0 aromatic carbocycles. The van der Waals surface area contributed by atoms with Crippen molar-refractivity contribution in [1.29, 1.82) is 0 Å². The van der Waals surface area contributed by atoms with Gasteiger partial charge in [-0.05, 0) is 25.7 Å². The molecule has 1 fully saturated rings. The molecule has 1 aliphatic rings. The van der Waals surface area contributed by atoms with E-state index in [1.165, 1.54) is 19.3 Å². The van der Waals surface area contributed by atoms with E-state index in [-0.39, 0.29) is 6.61 Å². The van der Waals surface area contributed by atoms with Crippen LogP contribution in [0, 0.1) is 5.92 Å². The molecule has 1 aromatic rings. The Morgan fingerprint density at radius 1 is 1.56 bits per heavy atom. The van der Waals surface area contributed by atoms with E-state index in [0.29, 0.717) is 19.3 Å². The summed E-state index contributed by atoms with van der Waals surface area (Å²) in [6.07, 6.45) is 7.94. The molecule has 0 radical (unpaired) electrons. The Labute approximate surface area is 108 Å². The topological polar surface area (TPSA) is 59.3 Å². The molecule has 0 spiro atoms. The molecular formula is C13H23N3O2. The van der Waals surface area contributed by atoms with Crippen LogP contribution in [0.2, 0.25) is 0 Å². The van der Waals surface area contributed by atoms with Crippen LogP contribution in [0.3, 0.4) is 0 Å². The highest BCUT2D eigenvalue weighted by Gasteiger charge is 2.23. The maximum atomic E-state index is 8.59. The second-order valence-corrected chi connectivity index (χ2v) is 4.95. The van der Waals surface area contributed by atoms with Crippen LogP contribution in [0.1, 0.15) is 26.2 Å². The van der Waals surface area contributed by atoms with E-state index in [1.807, 2.05) is 17.1 Å². The second kappa shape index (κ2) is 6.75. The Balaban J connectivity index is 1.71. The van der Waals surface area contributed by atoms with E-state index in [0.717, 1.165) is 18.2 Å². The van der Waals surface area contributed by atoms with Gasteiger partial charge in [0.2, 0.25) is 0 Å². The number of aliphatic hydroxyl groups is 1. The van der Waals surface area contributed by atoms with Gasteiger partial charge in [-0.3, -0.25) is 4.68 Å². The Hall–Kier alpha value is -1.07. The van der Waals surface area contributed by atoms with Gasteiger partial charge in [-0.15, -0.1) is 0 Å². The van der Waals surface area contributed by atoms with Gasteiger partial charge in [0.1, 0.15) is 0 Å². The lowest BCUT2D eigenvalue weighted by Crippen LogP contribution is -2.30. The predicted octanol–water partition coefficient (Wildman–Crippen LogP) is 1.49. The van der Waals surface area contributed by atoms with Crippen molar-refractivity contribution in [2.75, 3.05) is 25.1 Å². The van der Waals surface area contributed by atoms with Gasteiger partial charge in [0.25, 0.3) is 0 Å². The number of ether oxygens (including phenoxy) is 1. The number of anilines is 1. The Bertz CT molecular complexity index is 350. The molecule has 18 heavy (non-hydrogen) atoms. The minimum atomic E-state index is 0.0742. The maximum Gasteiger partial charge on any atom is 0.0728 e. The van der Waals surface area contributed by atoms with Gasteiger partial charge in [-0.1, -0.05) is 6.42 Å². The molecule has 5 nitrogen and oxygen atoms in total. The van der Waals surface area contributed by atoms with Crippen LogP contribution in [0.25, 0.3) is 0 Å². The standard InChI is InChI=1S/C13H23N3O2/c1-11(12-3-2-4-12)15-13-9-14-16(10-13)5-7-18-8-6-17/h9-12,15,17H,2-8H2,1H3. The van der Waals surface area contributed by atoms with Crippen LogP contribution in [-0.4, -0.2) is 40.7 Å². The summed E-state index contributed by atoms with van der Waals surface area (Å²) < 4.78 is 7.08. The van der Waals surface area contributed by atoms with Crippen LogP contribution in [-0.2, 0) is 11.3 Å². The molecule has 2 rings (SSSR count). The average molecular weight is 253 g/mol. The van der Waals surface area contributed by atoms with Crippen molar-refractivity contribution in [2.45, 2.75) is 38.8 Å². The summed E-state index contributed by atoms with van der Waals surface area (Å²) in [5.74, 6) is 0.821. The average Bonchev–Trinajstić information content (AvgIpc) is 2.69. The first-order valence-corrected chi connectivity index (χ1v) is 6.77. The van der Waals surface area contributed by atoms with Gasteiger partial charge < -0.3 is 15.2 Å². The number of nitrogens with zero attached hydrogens (tertiary/aromatic N) is 2. The quantitative estimate of drug-likeness (QED) is 0.689. The first-order chi connectivity index (χ1) is 8.79. The number of aliphatic hydroxyl groups excluding tert-OH is 1. The fourth-order valence-corrected chi connectivity index (χ4v) is 2.21. The smallest absolute Gasteiger partial charge is 0.0728 e. The molecule has 1 aliphatic carbocycles. The highest BCUT2D eigenvalue weighted by molar-refractivity contribution is 5.39. The summed E-state index contributed by atoms with van der Waals surface area (Å²) in [6.45, 7) is 4.01. The Morgan fingerprint density at radius 3 is 3.06 bits per heavy atom. The van der Waals surface area contributed by atoms with Crippen LogP contribution in [0.4, 0.5) is 5.69 Å². The third-order valence-electron chi connectivity index (χ3n) is 3.58. The van der Waals surface area contributed by atoms with Crippen LogP contribution in [0.5, 0.6) is 0 Å². The Morgan fingerprint density at radius 2 is 2.39 bits per heavy atom. The van der Waals surface area contributed by atoms with Gasteiger partial charge in [0.05, 0.1) is 38.2 Å². The molecule has 0 amide bonds. The minimum Gasteiger partial charge on any atom is -0.394 e. The highest BCUT2D eigenvalue weighted by atomic mass is 16.5. The van der Waals surface area contributed by atoms with Crippen molar-refractivity contribution in [3.63, 3.8) is 0 Å². The monoisotopic (exact) mass is 253 g/mol. The molecule has 0 saturated heterocycles. The fraction of sp³-hybridized carbons (Fsp3) is 0.769. The molecule has 1 unspecified atom stereocenters. The number of hydrogen-bond donors (Lipinski definition) is 2. The summed E-state index contributed by atoms with van der Waals surface area (Å²) in [7, 11) is 0. The van der Waals surface area contributed by atoms with Crippen LogP contribution < -0.4 is 5.32 Å². The van der Waals surface area contributed by atoms with Gasteiger partial charge in [0, 0.05) is 12.2 Å². The van der Waals surface area contributed by atoms with Crippen molar-refractivity contribution >= 4 is 5.69 Å². The summed E-state index contributed by atoms with van der Waals surface area (Å²) in [5.41, 5.74) is 1.08. The molecule has 0 aliphatic heterocycles. The van der Waals surface area contributed by atoms with Crippen molar-refractivity contribution in [2.24, 2.45) is 5.92 Å². The van der Waals surface area contributed by atoms with Gasteiger partial charge in [-0.2, -0.15) is 5.10 Å². The largest absolute Gasteiger partial charge is 0.394 e. The molecule has 5 heteroatoms. The Kier molecular flexibility index (Phi) is 5.01. The molecular weight excluding hydrogens is 230 g/mol. The van der Waals surface area contributed by atoms with Gasteiger partial charge >= 0.3 is 0 Å². The van der Waals surface area contributed by atoms with Crippen molar-refractivity contribution in [1.82, 2.24) is 9.78 Å². The molecule has 102 valence electrons. The van der Waals surface area contributed by atoms with E-state index in [2.05, 4.69) is 17.3 Å². The number of aromatic nitrogens is 2. The number of nitrogens with one attached hydrogen (secondary N) is 1. The van der Waals surface area contributed by atoms with Crippen LogP contribution in [0.15, 0.2) is 12.4 Å². The lowest BCUT2D eigenvalue weighted by atomic mass is 9.80. The number of hydrogen-bond acceptors (Lipinski definition) is 4. The second-order valence-electron chi connectivity index (χ2n) is 4.95. The van der Waals surface area contributed by atoms with Crippen molar-refractivity contribution in [3.05, 3.63) is 12.4 Å². The molecule has 1 aromatic heterocycles. The lowest BCUT2D eigenvalue weighted by Gasteiger charge is -2.32. The summed E-state index contributed by atoms with van der Waals surface area (Å²) in [5, 5.41) is 16.4. The highest BCUT2D eigenvalue weighted by Crippen LogP contribution is 2.30. The van der Waals surface area contributed by atoms with Gasteiger partial charge in [0.15, 0.2) is 0 Å². The van der Waals surface area contributed by atoms with E-state index < -0.39 is 0 Å². The zero-order valence-corrected chi connectivity index (χ0v) is 11.0. The zero-order valence-electron chi connectivity index (χ0n) is 11.0. The summed E-state index contributed by atoms with van der Waals surface area (Å²) >= 11 is 0.